The lowest BCUT2D eigenvalue weighted by Gasteiger charge is -2.06. The molecule has 0 spiro atoms. The van der Waals surface area contributed by atoms with Crippen molar-refractivity contribution in [3.05, 3.63) is 53.7 Å². The minimum Gasteiger partial charge on any atom is -0.497 e. The molecule has 0 unspecified atom stereocenters. The van der Waals surface area contributed by atoms with Gasteiger partial charge >= 0.3 is 5.97 Å². The molecule has 0 bridgehead atoms. The van der Waals surface area contributed by atoms with Crippen molar-refractivity contribution in [1.29, 1.82) is 0 Å². The van der Waals surface area contributed by atoms with Crippen molar-refractivity contribution < 1.29 is 19.4 Å². The number of pyridine rings is 1. The topological polar surface area (TPSA) is 88.5 Å². The number of carbonyl (C=O) groups excluding carboxylic acids is 1. The molecule has 1 amide bonds. The van der Waals surface area contributed by atoms with Gasteiger partial charge in [0, 0.05) is 11.8 Å². The molecule has 0 saturated carbocycles. The number of aromatic nitrogens is 1. The van der Waals surface area contributed by atoms with Gasteiger partial charge in [0.15, 0.2) is 0 Å². The van der Waals surface area contributed by atoms with Gasteiger partial charge in [0.2, 0.25) is 0 Å². The second-order valence-corrected chi connectivity index (χ2v) is 3.92. The van der Waals surface area contributed by atoms with Crippen LogP contribution in [0.15, 0.2) is 42.6 Å². The highest BCUT2D eigenvalue weighted by atomic mass is 16.5. The second-order valence-electron chi connectivity index (χ2n) is 3.92. The molecule has 0 saturated heterocycles. The number of amides is 1. The number of nitrogens with one attached hydrogen (secondary N) is 1. The lowest BCUT2D eigenvalue weighted by Crippen LogP contribution is -2.13. The molecule has 2 N–H and O–H groups in total. The van der Waals surface area contributed by atoms with Gasteiger partial charge in [-0.25, -0.2) is 9.78 Å². The molecule has 1 aromatic heterocycles. The number of benzene rings is 1. The molecule has 0 aliphatic heterocycles. The van der Waals surface area contributed by atoms with Gasteiger partial charge in [-0.05, 0) is 30.3 Å². The van der Waals surface area contributed by atoms with E-state index in [0.29, 0.717) is 11.3 Å². The fraction of sp³-hybridized carbons (Fsp3) is 0.0714. The van der Waals surface area contributed by atoms with Gasteiger partial charge < -0.3 is 15.2 Å². The van der Waals surface area contributed by atoms with E-state index >= 15 is 0 Å². The van der Waals surface area contributed by atoms with Crippen LogP contribution in [0.3, 0.4) is 0 Å². The normalized spacial score (nSPS) is 9.85. The Morgan fingerprint density at radius 3 is 2.60 bits per heavy atom. The second kappa shape index (κ2) is 5.83. The number of carbonyl (C=O) groups is 2. The molecule has 0 atom stereocenters. The first-order chi connectivity index (χ1) is 9.60. The van der Waals surface area contributed by atoms with Crippen LogP contribution in [0.5, 0.6) is 5.75 Å². The summed E-state index contributed by atoms with van der Waals surface area (Å²) in [4.78, 5) is 26.5. The van der Waals surface area contributed by atoms with E-state index in [9.17, 15) is 9.59 Å². The summed E-state index contributed by atoms with van der Waals surface area (Å²) in [5, 5.41) is 11.3. The van der Waals surface area contributed by atoms with E-state index in [4.69, 9.17) is 9.84 Å². The van der Waals surface area contributed by atoms with E-state index in [-0.39, 0.29) is 17.3 Å². The number of methoxy groups -OCH3 is 1. The first-order valence-corrected chi connectivity index (χ1v) is 5.75. The quantitative estimate of drug-likeness (QED) is 0.889. The van der Waals surface area contributed by atoms with Gasteiger partial charge in [-0.2, -0.15) is 0 Å². The number of hydrogen-bond acceptors (Lipinski definition) is 4. The number of carboxylic acids is 1. The van der Waals surface area contributed by atoms with Crippen molar-refractivity contribution in [1.82, 2.24) is 4.98 Å². The fourth-order valence-corrected chi connectivity index (χ4v) is 1.55. The number of anilines is 1. The third-order valence-electron chi connectivity index (χ3n) is 2.58. The van der Waals surface area contributed by atoms with Crippen LogP contribution in [0, 0.1) is 0 Å². The van der Waals surface area contributed by atoms with Gasteiger partial charge in [0.1, 0.15) is 11.6 Å². The average molecular weight is 272 g/mol. The summed E-state index contributed by atoms with van der Waals surface area (Å²) in [5.74, 6) is -0.558. The minimum absolute atomic E-state index is 0.0596. The maximum Gasteiger partial charge on any atom is 0.337 e. The molecule has 0 radical (unpaired) electrons. The number of nitrogens with zero attached hydrogens (tertiary/aromatic N) is 1. The summed E-state index contributed by atoms with van der Waals surface area (Å²) in [7, 11) is 1.52. The van der Waals surface area contributed by atoms with Gasteiger partial charge in [-0.1, -0.05) is 6.07 Å². The predicted molar refractivity (Wildman–Crippen MR) is 72.1 cm³/mol. The van der Waals surface area contributed by atoms with E-state index < -0.39 is 5.97 Å². The Bertz CT molecular complexity index is 638. The van der Waals surface area contributed by atoms with Gasteiger partial charge in [0.05, 0.1) is 12.7 Å². The van der Waals surface area contributed by atoms with Crippen molar-refractivity contribution in [2.24, 2.45) is 0 Å². The summed E-state index contributed by atoms with van der Waals surface area (Å²) in [6.45, 7) is 0. The van der Waals surface area contributed by atoms with E-state index in [1.807, 2.05) is 0 Å². The number of aromatic carboxylic acids is 1. The molecule has 6 heteroatoms. The number of ether oxygens (including phenoxy) is 1. The van der Waals surface area contributed by atoms with Crippen LogP contribution in [0.2, 0.25) is 0 Å². The standard InChI is InChI=1S/C14H12N2O4/c1-20-11-4-2-3-9(7-11)13(17)16-12-6-5-10(8-15-12)14(18)19/h2-8H,1H3,(H,18,19)(H,15,16,17). The maximum atomic E-state index is 12.0. The van der Waals surface area contributed by atoms with Crippen LogP contribution < -0.4 is 10.1 Å². The largest absolute Gasteiger partial charge is 0.497 e. The molecule has 0 aliphatic carbocycles. The maximum absolute atomic E-state index is 12.0. The lowest BCUT2D eigenvalue weighted by atomic mass is 10.2. The molecule has 2 aromatic rings. The van der Waals surface area contributed by atoms with E-state index in [1.54, 1.807) is 24.3 Å². The van der Waals surface area contributed by atoms with Gasteiger partial charge in [-0.3, -0.25) is 4.79 Å². The first-order valence-electron chi connectivity index (χ1n) is 5.75. The SMILES string of the molecule is COc1cccc(C(=O)Nc2ccc(C(=O)O)cn2)c1. The van der Waals surface area contributed by atoms with Crippen LogP contribution >= 0.6 is 0 Å². The van der Waals surface area contributed by atoms with Crippen molar-refractivity contribution in [3.63, 3.8) is 0 Å². The van der Waals surface area contributed by atoms with E-state index in [1.165, 1.54) is 25.4 Å². The molecule has 1 aromatic carbocycles. The molecular formula is C14H12N2O4. The Morgan fingerprint density at radius 2 is 2.00 bits per heavy atom. The minimum atomic E-state index is -1.07. The molecule has 2 rings (SSSR count). The van der Waals surface area contributed by atoms with Crippen molar-refractivity contribution in [2.75, 3.05) is 12.4 Å². The zero-order valence-electron chi connectivity index (χ0n) is 10.7. The molecule has 0 fully saturated rings. The summed E-state index contributed by atoms with van der Waals surface area (Å²) < 4.78 is 5.04. The van der Waals surface area contributed by atoms with Gasteiger partial charge in [0.25, 0.3) is 5.91 Å². The zero-order chi connectivity index (χ0) is 14.5. The number of carboxylic acid groups (broad SMARTS) is 1. The predicted octanol–water partition coefficient (Wildman–Crippen LogP) is 2.04. The molecule has 0 aliphatic rings. The van der Waals surface area contributed by atoms with Crippen LogP contribution in [-0.2, 0) is 0 Å². The summed E-state index contributed by atoms with van der Waals surface area (Å²) in [5.41, 5.74) is 0.484. The van der Waals surface area contributed by atoms with E-state index in [0.717, 1.165) is 0 Å². The zero-order valence-corrected chi connectivity index (χ0v) is 10.7. The third kappa shape index (κ3) is 3.11. The molecule has 102 valence electrons. The Labute approximate surface area is 115 Å². The monoisotopic (exact) mass is 272 g/mol. The van der Waals surface area contributed by atoms with Crippen molar-refractivity contribution >= 4 is 17.7 Å². The number of rotatable bonds is 4. The Kier molecular flexibility index (Phi) is 3.95. The highest BCUT2D eigenvalue weighted by Gasteiger charge is 2.09. The smallest absolute Gasteiger partial charge is 0.337 e. The Morgan fingerprint density at radius 1 is 1.20 bits per heavy atom. The third-order valence-corrected chi connectivity index (χ3v) is 2.58. The molecule has 6 nitrogen and oxygen atoms in total. The molecule has 1 heterocycles. The van der Waals surface area contributed by atoms with Crippen LogP contribution in [0.25, 0.3) is 0 Å². The Hall–Kier alpha value is -2.89. The van der Waals surface area contributed by atoms with Crippen molar-refractivity contribution in [2.45, 2.75) is 0 Å². The summed E-state index contributed by atoms with van der Waals surface area (Å²) in [6.07, 6.45) is 1.18. The van der Waals surface area contributed by atoms with Crippen molar-refractivity contribution in [3.8, 4) is 5.75 Å². The first kappa shape index (κ1) is 13.5. The van der Waals surface area contributed by atoms with Crippen LogP contribution in [0.1, 0.15) is 20.7 Å². The molecular weight excluding hydrogens is 260 g/mol. The molecule has 20 heavy (non-hydrogen) atoms. The van der Waals surface area contributed by atoms with E-state index in [2.05, 4.69) is 10.3 Å². The van der Waals surface area contributed by atoms with Crippen LogP contribution in [-0.4, -0.2) is 29.1 Å². The van der Waals surface area contributed by atoms with Gasteiger partial charge in [-0.15, -0.1) is 0 Å². The highest BCUT2D eigenvalue weighted by molar-refractivity contribution is 6.04. The number of hydrogen-bond donors (Lipinski definition) is 2. The summed E-state index contributed by atoms with van der Waals surface area (Å²) >= 11 is 0. The lowest BCUT2D eigenvalue weighted by molar-refractivity contribution is 0.0696. The summed E-state index contributed by atoms with van der Waals surface area (Å²) in [6, 6.07) is 9.48. The fourth-order valence-electron chi connectivity index (χ4n) is 1.55. The van der Waals surface area contributed by atoms with Crippen LogP contribution in [0.4, 0.5) is 5.82 Å². The Balaban J connectivity index is 2.12. The average Bonchev–Trinajstić information content (AvgIpc) is 2.47. The highest BCUT2D eigenvalue weighted by Crippen LogP contribution is 2.14.